The van der Waals surface area contributed by atoms with Crippen molar-refractivity contribution in [3.8, 4) is 0 Å². The maximum atomic E-state index is 12.8. The van der Waals surface area contributed by atoms with Crippen molar-refractivity contribution in [2.45, 2.75) is 38.6 Å². The van der Waals surface area contributed by atoms with Gasteiger partial charge in [0.05, 0.1) is 24.4 Å². The monoisotopic (exact) mass is 575 g/mol. The molecule has 0 saturated heterocycles. The average Bonchev–Trinajstić information content (AvgIpc) is 3.26. The van der Waals surface area contributed by atoms with Gasteiger partial charge in [-0.25, -0.2) is 4.79 Å². The first-order chi connectivity index (χ1) is 17.5. The number of hydrogen-bond acceptors (Lipinski definition) is 8. The summed E-state index contributed by atoms with van der Waals surface area (Å²) in [7, 11) is 1.40. The van der Waals surface area contributed by atoms with E-state index in [-0.39, 0.29) is 26.4 Å². The van der Waals surface area contributed by atoms with Gasteiger partial charge in [-0.3, -0.25) is 14.0 Å². The number of pyridine rings is 1. The van der Waals surface area contributed by atoms with Crippen molar-refractivity contribution >= 4 is 39.5 Å². The van der Waals surface area contributed by atoms with Crippen LogP contribution in [0.15, 0.2) is 46.9 Å². The molecule has 0 bridgehead atoms. The van der Waals surface area contributed by atoms with Gasteiger partial charge in [-0.1, -0.05) is 40.2 Å². The highest BCUT2D eigenvalue weighted by molar-refractivity contribution is 9.10. The molecule has 1 atom stereocenters. The number of likely N-dealkylation sites (N-methyl/N-ethyl adjacent to an activating group) is 1. The zero-order valence-electron chi connectivity index (χ0n) is 20.8. The molecular formula is C24H30BrN7O5. The number of halogens is 1. The lowest BCUT2D eigenvalue weighted by atomic mass is 10.1. The van der Waals surface area contributed by atoms with E-state index in [0.717, 1.165) is 14.9 Å². The van der Waals surface area contributed by atoms with Crippen molar-refractivity contribution in [3.63, 3.8) is 0 Å². The first-order valence-electron chi connectivity index (χ1n) is 11.4. The second-order valence-electron chi connectivity index (χ2n) is 9.00. The number of ether oxygens (including phenoxy) is 2. The van der Waals surface area contributed by atoms with Crippen LogP contribution in [0.4, 0.5) is 4.79 Å². The van der Waals surface area contributed by atoms with E-state index < -0.39 is 29.5 Å². The maximum absolute atomic E-state index is 12.8. The molecule has 1 aromatic carbocycles. The smallest absolute Gasteiger partial charge is 0.410 e. The third-order valence-electron chi connectivity index (χ3n) is 5.28. The molecule has 13 heteroatoms. The number of benzene rings is 1. The molecule has 5 N–H and O–H groups in total. The van der Waals surface area contributed by atoms with Gasteiger partial charge in [0, 0.05) is 11.5 Å². The number of nitrogens with two attached hydrogens (primary N) is 2. The Morgan fingerprint density at radius 1 is 1.14 bits per heavy atom. The minimum Gasteiger partial charge on any atom is -0.443 e. The molecule has 198 valence electrons. The van der Waals surface area contributed by atoms with Gasteiger partial charge >= 0.3 is 6.09 Å². The van der Waals surface area contributed by atoms with Crippen LogP contribution in [-0.2, 0) is 32.3 Å². The Balaban J connectivity index is 1.86. The normalized spacial score (nSPS) is 12.2. The summed E-state index contributed by atoms with van der Waals surface area (Å²) in [6, 6.07) is 12.1. The third kappa shape index (κ3) is 7.47. The van der Waals surface area contributed by atoms with Crippen LogP contribution in [0.3, 0.4) is 0 Å². The minimum absolute atomic E-state index is 0.0689. The molecule has 0 unspecified atom stereocenters. The topological polar surface area (TPSA) is 167 Å². The van der Waals surface area contributed by atoms with Crippen LogP contribution in [0.1, 0.15) is 37.0 Å². The van der Waals surface area contributed by atoms with Gasteiger partial charge in [-0.05, 0) is 37.6 Å². The molecule has 0 aliphatic carbocycles. The summed E-state index contributed by atoms with van der Waals surface area (Å²) in [6.07, 6.45) is -0.725. The molecule has 0 aliphatic rings. The van der Waals surface area contributed by atoms with Gasteiger partial charge in [0.15, 0.2) is 11.5 Å². The van der Waals surface area contributed by atoms with Crippen molar-refractivity contribution in [1.82, 2.24) is 24.8 Å². The quantitative estimate of drug-likeness (QED) is 0.310. The number of fused-ring (bicyclic) bond motifs is 1. The highest BCUT2D eigenvalue weighted by atomic mass is 79.9. The van der Waals surface area contributed by atoms with Gasteiger partial charge in [-0.2, -0.15) is 0 Å². The minimum atomic E-state index is -1.15. The van der Waals surface area contributed by atoms with E-state index in [0.29, 0.717) is 17.2 Å². The number of primary amides is 1. The van der Waals surface area contributed by atoms with Crippen LogP contribution in [0.2, 0.25) is 0 Å². The first-order valence-corrected chi connectivity index (χ1v) is 12.2. The average molecular weight is 576 g/mol. The van der Waals surface area contributed by atoms with Crippen LogP contribution in [0.25, 0.3) is 5.65 Å². The van der Waals surface area contributed by atoms with E-state index in [2.05, 4.69) is 31.4 Å². The lowest BCUT2D eigenvalue weighted by molar-refractivity contribution is -0.126. The van der Waals surface area contributed by atoms with Gasteiger partial charge in [0.1, 0.15) is 19.2 Å². The number of hydrogen-bond donors (Lipinski definition) is 3. The summed E-state index contributed by atoms with van der Waals surface area (Å²) >= 11 is 3.50. The van der Waals surface area contributed by atoms with Gasteiger partial charge in [-0.15, -0.1) is 10.2 Å². The SMILES string of the molecule is CN(CC(N)=O)C(=O)OCc1cccc2nnc([C@@H](COCc3ccccc3Br)NC(=O)C(C)(C)N)n12. The molecule has 2 aromatic heterocycles. The predicted octanol–water partition coefficient (Wildman–Crippen LogP) is 1.66. The summed E-state index contributed by atoms with van der Waals surface area (Å²) < 4.78 is 13.9. The van der Waals surface area contributed by atoms with Crippen molar-refractivity contribution in [2.75, 3.05) is 20.2 Å². The van der Waals surface area contributed by atoms with E-state index in [1.807, 2.05) is 24.3 Å². The number of rotatable bonds is 11. The Morgan fingerprint density at radius 3 is 2.54 bits per heavy atom. The summed E-state index contributed by atoms with van der Waals surface area (Å²) in [5.41, 5.74) is 12.0. The van der Waals surface area contributed by atoms with Gasteiger partial charge in [0.2, 0.25) is 11.8 Å². The first kappa shape index (κ1) is 28.0. The predicted molar refractivity (Wildman–Crippen MR) is 138 cm³/mol. The van der Waals surface area contributed by atoms with E-state index in [1.54, 1.807) is 36.4 Å². The lowest BCUT2D eigenvalue weighted by Gasteiger charge is -2.24. The third-order valence-corrected chi connectivity index (χ3v) is 6.06. The zero-order chi connectivity index (χ0) is 27.2. The molecule has 0 radical (unpaired) electrons. The molecule has 12 nitrogen and oxygen atoms in total. The van der Waals surface area contributed by atoms with Crippen molar-refractivity contribution in [3.05, 3.63) is 64.0 Å². The fourth-order valence-electron chi connectivity index (χ4n) is 3.34. The van der Waals surface area contributed by atoms with Crippen molar-refractivity contribution in [1.29, 1.82) is 0 Å². The molecule has 0 spiro atoms. The van der Waals surface area contributed by atoms with Crippen LogP contribution >= 0.6 is 15.9 Å². The maximum Gasteiger partial charge on any atom is 0.410 e. The Hall–Kier alpha value is -3.55. The number of aromatic nitrogens is 3. The summed E-state index contributed by atoms with van der Waals surface area (Å²) in [5.74, 6) is -0.695. The molecule has 0 aliphatic heterocycles. The molecule has 0 saturated carbocycles. The molecule has 2 heterocycles. The second-order valence-corrected chi connectivity index (χ2v) is 9.85. The number of nitrogens with one attached hydrogen (secondary N) is 1. The summed E-state index contributed by atoms with van der Waals surface area (Å²) in [5, 5.41) is 11.4. The van der Waals surface area contributed by atoms with Crippen LogP contribution in [-0.4, -0.2) is 63.1 Å². The fourth-order valence-corrected chi connectivity index (χ4v) is 3.74. The van der Waals surface area contributed by atoms with Crippen LogP contribution < -0.4 is 16.8 Å². The zero-order valence-corrected chi connectivity index (χ0v) is 22.4. The van der Waals surface area contributed by atoms with E-state index >= 15 is 0 Å². The van der Waals surface area contributed by atoms with Crippen molar-refractivity contribution < 1.29 is 23.9 Å². The number of carbonyl (C=O) groups is 3. The summed E-state index contributed by atoms with van der Waals surface area (Å²) in [6.45, 7) is 3.12. The Bertz CT molecular complexity index is 1270. The summed E-state index contributed by atoms with van der Waals surface area (Å²) in [4.78, 5) is 37.2. The number of amides is 3. The highest BCUT2D eigenvalue weighted by Crippen LogP contribution is 2.20. The molecule has 3 rings (SSSR count). The van der Waals surface area contributed by atoms with Crippen LogP contribution in [0.5, 0.6) is 0 Å². The fraction of sp³-hybridized carbons (Fsp3) is 0.375. The van der Waals surface area contributed by atoms with Crippen molar-refractivity contribution in [2.24, 2.45) is 11.5 Å². The van der Waals surface area contributed by atoms with E-state index in [4.69, 9.17) is 20.9 Å². The van der Waals surface area contributed by atoms with E-state index in [1.165, 1.54) is 7.05 Å². The number of nitrogens with zero attached hydrogens (tertiary/aromatic N) is 4. The largest absolute Gasteiger partial charge is 0.443 e. The highest BCUT2D eigenvalue weighted by Gasteiger charge is 2.28. The molecule has 0 fully saturated rings. The Labute approximate surface area is 222 Å². The lowest BCUT2D eigenvalue weighted by Crippen LogP contribution is -2.51. The molecular weight excluding hydrogens is 546 g/mol. The van der Waals surface area contributed by atoms with Gasteiger partial charge < -0.3 is 31.2 Å². The molecule has 37 heavy (non-hydrogen) atoms. The standard InChI is InChI=1S/C24H30BrN7O5/c1-24(2,27)22(34)28-18(14-36-12-15-7-4-5-9-17(15)25)21-30-29-20-10-6-8-16(32(20)21)13-37-23(35)31(3)11-19(26)33/h4-10,18H,11-14,27H2,1-3H3,(H2,26,33)(H,28,34)/t18-/m1/s1. The van der Waals surface area contributed by atoms with E-state index in [9.17, 15) is 14.4 Å². The van der Waals surface area contributed by atoms with Gasteiger partial charge in [0.25, 0.3) is 0 Å². The molecule has 3 aromatic rings. The van der Waals surface area contributed by atoms with Crippen LogP contribution in [0, 0.1) is 0 Å². The molecule has 3 amide bonds. The number of carbonyl (C=O) groups excluding carboxylic acids is 3. The Kier molecular flexibility index (Phi) is 9.18. The Morgan fingerprint density at radius 2 is 1.86 bits per heavy atom. The second kappa shape index (κ2) is 12.1.